The molecule has 142 valence electrons. The summed E-state index contributed by atoms with van der Waals surface area (Å²) in [5, 5.41) is 6.73. The summed E-state index contributed by atoms with van der Waals surface area (Å²) < 4.78 is 0. The van der Waals surface area contributed by atoms with E-state index in [-0.39, 0.29) is 23.8 Å². The average Bonchev–Trinajstić information content (AvgIpc) is 2.88. The van der Waals surface area contributed by atoms with Crippen molar-refractivity contribution in [3.8, 4) is 0 Å². The van der Waals surface area contributed by atoms with Crippen LogP contribution in [0.1, 0.15) is 30.4 Å². The van der Waals surface area contributed by atoms with Crippen LogP contribution in [0.15, 0.2) is 54.6 Å². The number of amides is 2. The second kappa shape index (κ2) is 9.56. The summed E-state index contributed by atoms with van der Waals surface area (Å²) in [5.41, 5.74) is 2.23. The van der Waals surface area contributed by atoms with E-state index in [4.69, 9.17) is 11.6 Å². The molecular weight excluding hydrogens is 360 g/mol. The van der Waals surface area contributed by atoms with Gasteiger partial charge in [-0.15, -0.1) is 0 Å². The standard InChI is InChI=1S/C22H25ClN2O2/c23-19-8-6-17(7-9-19)15-18(14-16-4-2-1-3-5-16)22(27)25-20-10-11-21(26)24-13-12-20/h1-9,18,20H,10-15H2,(H,24,26)(H,25,27). The molecule has 1 aliphatic rings. The van der Waals surface area contributed by atoms with Gasteiger partial charge in [-0.05, 0) is 48.9 Å². The molecule has 3 rings (SSSR count). The molecule has 27 heavy (non-hydrogen) atoms. The summed E-state index contributed by atoms with van der Waals surface area (Å²) in [5.74, 6) is -0.0533. The van der Waals surface area contributed by atoms with Gasteiger partial charge in [-0.1, -0.05) is 54.1 Å². The minimum Gasteiger partial charge on any atom is -0.356 e. The zero-order valence-electron chi connectivity index (χ0n) is 15.3. The van der Waals surface area contributed by atoms with Gasteiger partial charge in [0.2, 0.25) is 11.8 Å². The van der Waals surface area contributed by atoms with Crippen LogP contribution in [0.5, 0.6) is 0 Å². The van der Waals surface area contributed by atoms with Gasteiger partial charge in [0.1, 0.15) is 0 Å². The van der Waals surface area contributed by atoms with Crippen LogP contribution >= 0.6 is 11.6 Å². The van der Waals surface area contributed by atoms with Crippen molar-refractivity contribution in [2.75, 3.05) is 6.54 Å². The third kappa shape index (κ3) is 6.10. The zero-order chi connectivity index (χ0) is 19.1. The Morgan fingerprint density at radius 2 is 1.70 bits per heavy atom. The average molecular weight is 385 g/mol. The van der Waals surface area contributed by atoms with E-state index in [0.717, 1.165) is 17.5 Å². The van der Waals surface area contributed by atoms with Crippen LogP contribution < -0.4 is 10.6 Å². The summed E-state index contributed by atoms with van der Waals surface area (Å²) in [4.78, 5) is 24.6. The molecule has 0 radical (unpaired) electrons. The van der Waals surface area contributed by atoms with Crippen LogP contribution in [-0.2, 0) is 22.4 Å². The Morgan fingerprint density at radius 1 is 1.04 bits per heavy atom. The van der Waals surface area contributed by atoms with Crippen LogP contribution in [0.25, 0.3) is 0 Å². The SMILES string of the molecule is O=C1CCC(NC(=O)C(Cc2ccccc2)Cc2ccc(Cl)cc2)CCN1. The Labute approximate surface area is 165 Å². The van der Waals surface area contributed by atoms with Crippen molar-refractivity contribution < 1.29 is 9.59 Å². The predicted molar refractivity (Wildman–Crippen MR) is 108 cm³/mol. The van der Waals surface area contributed by atoms with Crippen molar-refractivity contribution in [2.45, 2.75) is 38.1 Å². The minimum absolute atomic E-state index is 0.0416. The highest BCUT2D eigenvalue weighted by Gasteiger charge is 2.24. The van der Waals surface area contributed by atoms with Gasteiger partial charge in [0.05, 0.1) is 0 Å². The Balaban J connectivity index is 1.70. The number of benzene rings is 2. The number of rotatable bonds is 6. The number of carbonyl (C=O) groups is 2. The van der Waals surface area contributed by atoms with Crippen molar-refractivity contribution >= 4 is 23.4 Å². The Morgan fingerprint density at radius 3 is 2.41 bits per heavy atom. The van der Waals surface area contributed by atoms with Gasteiger partial charge in [-0.2, -0.15) is 0 Å². The van der Waals surface area contributed by atoms with Crippen LogP contribution in [0.4, 0.5) is 0 Å². The normalized spacial score (nSPS) is 18.3. The smallest absolute Gasteiger partial charge is 0.223 e. The highest BCUT2D eigenvalue weighted by atomic mass is 35.5. The molecule has 1 fully saturated rings. The molecule has 2 N–H and O–H groups in total. The van der Waals surface area contributed by atoms with E-state index in [9.17, 15) is 9.59 Å². The number of hydrogen-bond donors (Lipinski definition) is 2. The molecule has 0 bridgehead atoms. The van der Waals surface area contributed by atoms with E-state index in [1.807, 2.05) is 42.5 Å². The molecule has 0 aromatic heterocycles. The summed E-state index contributed by atoms with van der Waals surface area (Å²) in [6.45, 7) is 0.615. The highest BCUT2D eigenvalue weighted by molar-refractivity contribution is 6.30. The van der Waals surface area contributed by atoms with Crippen LogP contribution in [0, 0.1) is 5.92 Å². The maximum Gasteiger partial charge on any atom is 0.223 e. The first-order valence-electron chi connectivity index (χ1n) is 9.45. The zero-order valence-corrected chi connectivity index (χ0v) is 16.0. The summed E-state index contributed by atoms with van der Waals surface area (Å²) in [6, 6.07) is 17.8. The first kappa shape index (κ1) is 19.4. The Bertz CT molecular complexity index is 762. The van der Waals surface area contributed by atoms with Gasteiger partial charge >= 0.3 is 0 Å². The van der Waals surface area contributed by atoms with E-state index in [1.54, 1.807) is 0 Å². The largest absolute Gasteiger partial charge is 0.356 e. The van der Waals surface area contributed by atoms with Crippen molar-refractivity contribution in [2.24, 2.45) is 5.92 Å². The third-order valence-corrected chi connectivity index (χ3v) is 5.22. The number of carbonyl (C=O) groups excluding carboxylic acids is 2. The molecule has 2 aromatic carbocycles. The number of halogens is 1. The minimum atomic E-state index is -0.166. The van der Waals surface area contributed by atoms with Crippen LogP contribution in [0.3, 0.4) is 0 Å². The quantitative estimate of drug-likeness (QED) is 0.800. The number of hydrogen-bond acceptors (Lipinski definition) is 2. The van der Waals surface area contributed by atoms with E-state index in [1.165, 1.54) is 0 Å². The van der Waals surface area contributed by atoms with Gasteiger partial charge in [-0.3, -0.25) is 9.59 Å². The van der Waals surface area contributed by atoms with Gasteiger partial charge < -0.3 is 10.6 Å². The molecule has 0 saturated carbocycles. The summed E-state index contributed by atoms with van der Waals surface area (Å²) in [6.07, 6.45) is 3.26. The molecule has 0 spiro atoms. The molecular formula is C22H25ClN2O2. The van der Waals surface area contributed by atoms with Crippen molar-refractivity contribution in [3.63, 3.8) is 0 Å². The second-order valence-corrected chi connectivity index (χ2v) is 7.54. The van der Waals surface area contributed by atoms with Gasteiger partial charge in [0, 0.05) is 29.9 Å². The molecule has 2 atom stereocenters. The van der Waals surface area contributed by atoms with Gasteiger partial charge in [0.25, 0.3) is 0 Å². The lowest BCUT2D eigenvalue weighted by atomic mass is 9.91. The molecule has 4 nitrogen and oxygen atoms in total. The molecule has 2 amide bonds. The molecule has 1 aliphatic heterocycles. The third-order valence-electron chi connectivity index (χ3n) is 4.97. The van der Waals surface area contributed by atoms with Crippen molar-refractivity contribution in [1.82, 2.24) is 10.6 Å². The predicted octanol–water partition coefficient (Wildman–Crippen LogP) is 3.53. The topological polar surface area (TPSA) is 58.2 Å². The summed E-state index contributed by atoms with van der Waals surface area (Å²) >= 11 is 5.98. The molecule has 2 aromatic rings. The van der Waals surface area contributed by atoms with Crippen molar-refractivity contribution in [3.05, 3.63) is 70.7 Å². The van der Waals surface area contributed by atoms with Crippen LogP contribution in [0.2, 0.25) is 5.02 Å². The number of nitrogens with one attached hydrogen (secondary N) is 2. The lowest BCUT2D eigenvalue weighted by Crippen LogP contribution is -2.40. The van der Waals surface area contributed by atoms with E-state index >= 15 is 0 Å². The van der Waals surface area contributed by atoms with Crippen LogP contribution in [-0.4, -0.2) is 24.4 Å². The first-order chi connectivity index (χ1) is 13.1. The molecule has 2 unspecified atom stereocenters. The van der Waals surface area contributed by atoms with E-state index in [2.05, 4.69) is 22.8 Å². The van der Waals surface area contributed by atoms with Gasteiger partial charge in [-0.25, -0.2) is 0 Å². The fourth-order valence-corrected chi connectivity index (χ4v) is 3.57. The first-order valence-corrected chi connectivity index (χ1v) is 9.83. The van der Waals surface area contributed by atoms with Crippen molar-refractivity contribution in [1.29, 1.82) is 0 Å². The lowest BCUT2D eigenvalue weighted by Gasteiger charge is -2.22. The molecule has 5 heteroatoms. The monoisotopic (exact) mass is 384 g/mol. The fraction of sp³-hybridized carbons (Fsp3) is 0.364. The van der Waals surface area contributed by atoms with E-state index in [0.29, 0.717) is 37.3 Å². The highest BCUT2D eigenvalue weighted by Crippen LogP contribution is 2.18. The molecule has 1 heterocycles. The molecule has 1 saturated heterocycles. The summed E-state index contributed by atoms with van der Waals surface area (Å²) in [7, 11) is 0. The maximum absolute atomic E-state index is 13.0. The fourth-order valence-electron chi connectivity index (χ4n) is 3.45. The maximum atomic E-state index is 13.0. The molecule has 0 aliphatic carbocycles. The Kier molecular flexibility index (Phi) is 6.88. The van der Waals surface area contributed by atoms with Gasteiger partial charge in [0.15, 0.2) is 0 Å². The second-order valence-electron chi connectivity index (χ2n) is 7.10. The van der Waals surface area contributed by atoms with E-state index < -0.39 is 0 Å². The lowest BCUT2D eigenvalue weighted by molar-refractivity contribution is -0.126. The Hall–Kier alpha value is -2.33.